The standard InChI is InChI=1S/C7H11NO2/c1-2-8(5-9)7(10)6-3-4-6/h5-6H,2-4H2,1H3. The van der Waals surface area contributed by atoms with Gasteiger partial charge < -0.3 is 0 Å². The molecule has 0 aromatic heterocycles. The smallest absolute Gasteiger partial charge is 0.232 e. The zero-order valence-corrected chi connectivity index (χ0v) is 6.04. The molecular weight excluding hydrogens is 130 g/mol. The molecule has 1 fully saturated rings. The zero-order chi connectivity index (χ0) is 7.56. The van der Waals surface area contributed by atoms with Crippen molar-refractivity contribution in [3.05, 3.63) is 0 Å². The third kappa shape index (κ3) is 1.35. The lowest BCUT2D eigenvalue weighted by molar-refractivity contribution is -0.138. The molecule has 3 heteroatoms. The number of nitrogens with zero attached hydrogens (tertiary/aromatic N) is 1. The van der Waals surface area contributed by atoms with Gasteiger partial charge in [0.2, 0.25) is 12.3 Å². The van der Waals surface area contributed by atoms with Crippen LogP contribution in [0.5, 0.6) is 0 Å². The van der Waals surface area contributed by atoms with Crippen molar-refractivity contribution in [1.82, 2.24) is 4.90 Å². The van der Waals surface area contributed by atoms with Crippen LogP contribution in [0.1, 0.15) is 19.8 Å². The van der Waals surface area contributed by atoms with Crippen LogP contribution in [0.25, 0.3) is 0 Å². The van der Waals surface area contributed by atoms with Crippen molar-refractivity contribution >= 4 is 12.3 Å². The first-order valence-corrected chi connectivity index (χ1v) is 3.55. The van der Waals surface area contributed by atoms with Crippen molar-refractivity contribution in [3.63, 3.8) is 0 Å². The van der Waals surface area contributed by atoms with Gasteiger partial charge in [-0.2, -0.15) is 0 Å². The first-order valence-electron chi connectivity index (χ1n) is 3.55. The quantitative estimate of drug-likeness (QED) is 0.533. The Hall–Kier alpha value is -0.860. The predicted octanol–water partition coefficient (Wildman–Crippen LogP) is 0.401. The van der Waals surface area contributed by atoms with Gasteiger partial charge in [-0.05, 0) is 19.8 Å². The van der Waals surface area contributed by atoms with Crippen molar-refractivity contribution in [2.45, 2.75) is 19.8 Å². The maximum atomic E-state index is 11.1. The fourth-order valence-corrected chi connectivity index (χ4v) is 0.847. The number of rotatable bonds is 3. The molecule has 1 saturated carbocycles. The molecule has 0 atom stereocenters. The van der Waals surface area contributed by atoms with Gasteiger partial charge >= 0.3 is 0 Å². The molecule has 0 saturated heterocycles. The Morgan fingerprint density at radius 2 is 2.30 bits per heavy atom. The molecule has 10 heavy (non-hydrogen) atoms. The van der Waals surface area contributed by atoms with Crippen LogP contribution < -0.4 is 0 Å². The average Bonchev–Trinajstić information content (AvgIpc) is 2.71. The molecule has 0 heterocycles. The topological polar surface area (TPSA) is 37.4 Å². The molecule has 56 valence electrons. The lowest BCUT2D eigenvalue weighted by Gasteiger charge is -2.10. The summed E-state index contributed by atoms with van der Waals surface area (Å²) in [7, 11) is 0. The van der Waals surface area contributed by atoms with Crippen molar-refractivity contribution in [2.24, 2.45) is 5.92 Å². The zero-order valence-electron chi connectivity index (χ0n) is 6.04. The Labute approximate surface area is 60.0 Å². The highest BCUT2D eigenvalue weighted by Gasteiger charge is 2.32. The molecular formula is C7H11NO2. The number of carbonyl (C=O) groups is 2. The summed E-state index contributed by atoms with van der Waals surface area (Å²) in [4.78, 5) is 22.5. The first-order chi connectivity index (χ1) is 4.79. The Morgan fingerprint density at radius 3 is 2.60 bits per heavy atom. The number of amides is 2. The molecule has 0 bridgehead atoms. The van der Waals surface area contributed by atoms with Gasteiger partial charge in [-0.25, -0.2) is 0 Å². The molecule has 3 nitrogen and oxygen atoms in total. The van der Waals surface area contributed by atoms with Crippen LogP contribution in [0.3, 0.4) is 0 Å². The van der Waals surface area contributed by atoms with Crippen molar-refractivity contribution < 1.29 is 9.59 Å². The molecule has 0 N–H and O–H groups in total. The Morgan fingerprint density at radius 1 is 1.70 bits per heavy atom. The fourth-order valence-electron chi connectivity index (χ4n) is 0.847. The third-order valence-electron chi connectivity index (χ3n) is 1.68. The highest BCUT2D eigenvalue weighted by atomic mass is 16.2. The maximum absolute atomic E-state index is 11.1. The van der Waals surface area contributed by atoms with Gasteiger partial charge in [0.15, 0.2) is 0 Å². The lowest BCUT2D eigenvalue weighted by Crippen LogP contribution is -2.30. The summed E-state index contributed by atoms with van der Waals surface area (Å²) in [5, 5.41) is 0. The van der Waals surface area contributed by atoms with Crippen LogP contribution in [0.4, 0.5) is 0 Å². The minimum atomic E-state index is -0.00231. The van der Waals surface area contributed by atoms with Crippen molar-refractivity contribution in [3.8, 4) is 0 Å². The van der Waals surface area contributed by atoms with Gasteiger partial charge in [0.05, 0.1) is 0 Å². The van der Waals surface area contributed by atoms with E-state index in [1.54, 1.807) is 6.92 Å². The van der Waals surface area contributed by atoms with E-state index in [9.17, 15) is 9.59 Å². The summed E-state index contributed by atoms with van der Waals surface area (Å²) < 4.78 is 0. The van der Waals surface area contributed by atoms with Gasteiger partial charge in [-0.3, -0.25) is 14.5 Å². The average molecular weight is 141 g/mol. The molecule has 0 radical (unpaired) electrons. The van der Waals surface area contributed by atoms with E-state index in [0.29, 0.717) is 13.0 Å². The molecule has 0 aromatic rings. The minimum Gasteiger partial charge on any atom is -0.285 e. The van der Waals surface area contributed by atoms with Crippen LogP contribution in [-0.4, -0.2) is 23.8 Å². The summed E-state index contributed by atoms with van der Waals surface area (Å²) in [5.74, 6) is 0.155. The van der Waals surface area contributed by atoms with Crippen molar-refractivity contribution in [1.29, 1.82) is 0 Å². The number of imide groups is 1. The second-order valence-corrected chi connectivity index (χ2v) is 2.50. The number of hydrogen-bond acceptors (Lipinski definition) is 2. The molecule has 0 unspecified atom stereocenters. The van der Waals surface area contributed by atoms with E-state index in [1.165, 1.54) is 4.90 Å². The Bertz CT molecular complexity index is 152. The molecule has 2 amide bonds. The molecule has 1 rings (SSSR count). The van der Waals surface area contributed by atoms with Crippen LogP contribution in [0.15, 0.2) is 0 Å². The van der Waals surface area contributed by atoms with E-state index < -0.39 is 0 Å². The normalized spacial score (nSPS) is 16.5. The summed E-state index contributed by atoms with van der Waals surface area (Å²) >= 11 is 0. The van der Waals surface area contributed by atoms with Gasteiger partial charge in [-0.15, -0.1) is 0 Å². The fraction of sp³-hybridized carbons (Fsp3) is 0.714. The molecule has 1 aliphatic rings. The second kappa shape index (κ2) is 2.82. The molecule has 1 aliphatic carbocycles. The predicted molar refractivity (Wildman–Crippen MR) is 36.2 cm³/mol. The Kier molecular flexibility index (Phi) is 2.04. The van der Waals surface area contributed by atoms with Gasteiger partial charge in [-0.1, -0.05) is 0 Å². The molecule has 0 aromatic carbocycles. The number of carbonyl (C=O) groups excluding carboxylic acids is 2. The summed E-state index contributed by atoms with van der Waals surface area (Å²) in [5.41, 5.74) is 0. The monoisotopic (exact) mass is 141 g/mol. The van der Waals surface area contributed by atoms with Gasteiger partial charge in [0.25, 0.3) is 0 Å². The lowest BCUT2D eigenvalue weighted by atomic mass is 10.3. The van der Waals surface area contributed by atoms with Crippen LogP contribution in [-0.2, 0) is 9.59 Å². The highest BCUT2D eigenvalue weighted by Crippen LogP contribution is 2.30. The largest absolute Gasteiger partial charge is 0.285 e. The van der Waals surface area contributed by atoms with Crippen molar-refractivity contribution in [2.75, 3.05) is 6.54 Å². The highest BCUT2D eigenvalue weighted by molar-refractivity contribution is 5.89. The second-order valence-electron chi connectivity index (χ2n) is 2.50. The summed E-state index contributed by atoms with van der Waals surface area (Å²) in [6.07, 6.45) is 2.53. The van der Waals surface area contributed by atoms with E-state index in [-0.39, 0.29) is 11.8 Å². The van der Waals surface area contributed by atoms with Gasteiger partial charge in [0, 0.05) is 12.5 Å². The van der Waals surface area contributed by atoms with E-state index >= 15 is 0 Å². The number of hydrogen-bond donors (Lipinski definition) is 0. The SMILES string of the molecule is CCN(C=O)C(=O)C1CC1. The maximum Gasteiger partial charge on any atom is 0.232 e. The van der Waals surface area contributed by atoms with E-state index in [4.69, 9.17) is 0 Å². The van der Waals surface area contributed by atoms with E-state index in [2.05, 4.69) is 0 Å². The van der Waals surface area contributed by atoms with Crippen LogP contribution >= 0.6 is 0 Å². The molecule has 0 aliphatic heterocycles. The van der Waals surface area contributed by atoms with Gasteiger partial charge in [0.1, 0.15) is 0 Å². The Balaban J connectivity index is 2.42. The van der Waals surface area contributed by atoms with E-state index in [0.717, 1.165) is 12.8 Å². The summed E-state index contributed by atoms with van der Waals surface area (Å²) in [6, 6.07) is 0. The van der Waals surface area contributed by atoms with Crippen LogP contribution in [0.2, 0.25) is 0 Å². The van der Waals surface area contributed by atoms with Crippen LogP contribution in [0, 0.1) is 5.92 Å². The third-order valence-corrected chi connectivity index (χ3v) is 1.68. The molecule has 0 spiro atoms. The minimum absolute atomic E-state index is 0.00231. The summed E-state index contributed by atoms with van der Waals surface area (Å²) in [6.45, 7) is 2.30. The first kappa shape index (κ1) is 7.25. The van der Waals surface area contributed by atoms with E-state index in [1.807, 2.05) is 0 Å².